The second-order valence-corrected chi connectivity index (χ2v) is 5.18. The van der Waals surface area contributed by atoms with Gasteiger partial charge in [0.05, 0.1) is 6.04 Å². The van der Waals surface area contributed by atoms with Gasteiger partial charge >= 0.3 is 0 Å². The second kappa shape index (κ2) is 5.53. The summed E-state index contributed by atoms with van der Waals surface area (Å²) in [5, 5.41) is 5.35. The van der Waals surface area contributed by atoms with Crippen LogP contribution in [0.3, 0.4) is 0 Å². The molecule has 18 heavy (non-hydrogen) atoms. The smallest absolute Gasteiger partial charge is 0.220 e. The Morgan fingerprint density at radius 1 is 1.22 bits per heavy atom. The van der Waals surface area contributed by atoms with Crippen molar-refractivity contribution in [3.63, 3.8) is 0 Å². The summed E-state index contributed by atoms with van der Waals surface area (Å²) in [6, 6.07) is 12.3. The topological polar surface area (TPSA) is 29.1 Å². The van der Waals surface area contributed by atoms with Crippen molar-refractivity contribution in [2.45, 2.75) is 26.3 Å². The Hall–Kier alpha value is -1.35. The molecule has 2 rings (SSSR count). The molecule has 2 nitrogen and oxygen atoms in total. The van der Waals surface area contributed by atoms with Crippen LogP contribution in [0.15, 0.2) is 40.9 Å². The van der Waals surface area contributed by atoms with Crippen LogP contribution in [0.5, 0.6) is 0 Å². The molecule has 0 saturated heterocycles. The molecule has 0 heterocycles. The Balaban J connectivity index is 2.45. The monoisotopic (exact) mass is 305 g/mol. The zero-order valence-electron chi connectivity index (χ0n) is 10.5. The lowest BCUT2D eigenvalue weighted by molar-refractivity contribution is -0.121. The van der Waals surface area contributed by atoms with Gasteiger partial charge in [-0.25, -0.2) is 0 Å². The number of carbonyl (C=O) groups excluding carboxylic acids is 1. The standard InChI is InChI=1S/C15H16BrNO/c1-3-15(18)17-10(2)11-8-9-14(16)13-7-5-4-6-12(11)13/h4-10H,3H2,1-2H3,(H,17,18). The van der Waals surface area contributed by atoms with Gasteiger partial charge in [-0.2, -0.15) is 0 Å². The first-order chi connectivity index (χ1) is 8.63. The van der Waals surface area contributed by atoms with Crippen LogP contribution in [-0.4, -0.2) is 5.91 Å². The van der Waals surface area contributed by atoms with Gasteiger partial charge < -0.3 is 5.32 Å². The zero-order chi connectivity index (χ0) is 13.1. The van der Waals surface area contributed by atoms with E-state index in [9.17, 15) is 4.79 Å². The van der Waals surface area contributed by atoms with Gasteiger partial charge in [0.25, 0.3) is 0 Å². The molecule has 0 aromatic heterocycles. The van der Waals surface area contributed by atoms with Gasteiger partial charge in [-0.05, 0) is 29.3 Å². The lowest BCUT2D eigenvalue weighted by Crippen LogP contribution is -2.25. The molecule has 0 saturated carbocycles. The Morgan fingerprint density at radius 3 is 2.56 bits per heavy atom. The SMILES string of the molecule is CCC(=O)NC(C)c1ccc(Br)c2ccccc12. The van der Waals surface area contributed by atoms with E-state index in [1.165, 1.54) is 10.8 Å². The molecule has 1 unspecified atom stereocenters. The minimum absolute atomic E-state index is 0.0236. The first-order valence-electron chi connectivity index (χ1n) is 6.10. The normalized spacial score (nSPS) is 12.4. The fourth-order valence-corrected chi connectivity index (χ4v) is 2.56. The molecule has 0 fully saturated rings. The van der Waals surface area contributed by atoms with Crippen LogP contribution in [-0.2, 0) is 4.79 Å². The van der Waals surface area contributed by atoms with Gasteiger partial charge in [0.1, 0.15) is 0 Å². The number of rotatable bonds is 3. The van der Waals surface area contributed by atoms with Crippen molar-refractivity contribution in [1.82, 2.24) is 5.32 Å². The van der Waals surface area contributed by atoms with Crippen molar-refractivity contribution in [3.05, 3.63) is 46.4 Å². The molecule has 1 amide bonds. The van der Waals surface area contributed by atoms with Crippen LogP contribution < -0.4 is 5.32 Å². The number of halogens is 1. The summed E-state index contributed by atoms with van der Waals surface area (Å²) >= 11 is 3.56. The highest BCUT2D eigenvalue weighted by atomic mass is 79.9. The summed E-state index contributed by atoms with van der Waals surface area (Å²) in [4.78, 5) is 11.5. The molecule has 2 aromatic carbocycles. The minimum Gasteiger partial charge on any atom is -0.350 e. The van der Waals surface area contributed by atoms with Gasteiger partial charge in [-0.3, -0.25) is 4.79 Å². The molecule has 0 radical (unpaired) electrons. The summed E-state index contributed by atoms with van der Waals surface area (Å²) in [5.74, 6) is 0.0782. The van der Waals surface area contributed by atoms with E-state index in [2.05, 4.69) is 39.4 Å². The number of hydrogen-bond donors (Lipinski definition) is 1. The number of fused-ring (bicyclic) bond motifs is 1. The van der Waals surface area contributed by atoms with Crippen LogP contribution >= 0.6 is 15.9 Å². The minimum atomic E-state index is 0.0236. The third-order valence-corrected chi connectivity index (χ3v) is 3.76. The van der Waals surface area contributed by atoms with Crippen molar-refractivity contribution in [3.8, 4) is 0 Å². The first kappa shape index (κ1) is 13.1. The quantitative estimate of drug-likeness (QED) is 0.905. The molecule has 1 N–H and O–H groups in total. The van der Waals surface area contributed by atoms with E-state index in [-0.39, 0.29) is 11.9 Å². The van der Waals surface area contributed by atoms with Crippen molar-refractivity contribution in [1.29, 1.82) is 0 Å². The Morgan fingerprint density at radius 2 is 1.89 bits per heavy atom. The Kier molecular flexibility index (Phi) is 4.02. The predicted molar refractivity (Wildman–Crippen MR) is 78.5 cm³/mol. The summed E-state index contributed by atoms with van der Waals surface area (Å²) < 4.78 is 1.08. The highest BCUT2D eigenvalue weighted by Crippen LogP contribution is 2.30. The van der Waals surface area contributed by atoms with E-state index >= 15 is 0 Å². The number of amides is 1. The average Bonchev–Trinajstić information content (AvgIpc) is 2.39. The lowest BCUT2D eigenvalue weighted by atomic mass is 9.99. The number of nitrogens with one attached hydrogen (secondary N) is 1. The van der Waals surface area contributed by atoms with Crippen LogP contribution in [0.25, 0.3) is 10.8 Å². The third-order valence-electron chi connectivity index (χ3n) is 3.07. The van der Waals surface area contributed by atoms with Crippen LogP contribution in [0.4, 0.5) is 0 Å². The van der Waals surface area contributed by atoms with E-state index in [1.807, 2.05) is 32.0 Å². The maximum atomic E-state index is 11.5. The van der Waals surface area contributed by atoms with E-state index in [0.717, 1.165) is 10.0 Å². The molecule has 0 spiro atoms. The van der Waals surface area contributed by atoms with Crippen molar-refractivity contribution < 1.29 is 4.79 Å². The largest absolute Gasteiger partial charge is 0.350 e. The van der Waals surface area contributed by atoms with E-state index < -0.39 is 0 Å². The zero-order valence-corrected chi connectivity index (χ0v) is 12.1. The van der Waals surface area contributed by atoms with Gasteiger partial charge in [-0.1, -0.05) is 53.2 Å². The van der Waals surface area contributed by atoms with Crippen LogP contribution in [0.2, 0.25) is 0 Å². The molecule has 94 valence electrons. The van der Waals surface area contributed by atoms with Crippen molar-refractivity contribution in [2.75, 3.05) is 0 Å². The number of benzene rings is 2. The van der Waals surface area contributed by atoms with Gasteiger partial charge in [0.15, 0.2) is 0 Å². The van der Waals surface area contributed by atoms with Crippen LogP contribution in [0.1, 0.15) is 31.9 Å². The highest BCUT2D eigenvalue weighted by molar-refractivity contribution is 9.10. The van der Waals surface area contributed by atoms with Gasteiger partial charge in [-0.15, -0.1) is 0 Å². The third kappa shape index (κ3) is 2.56. The van der Waals surface area contributed by atoms with E-state index in [4.69, 9.17) is 0 Å². The van der Waals surface area contributed by atoms with Crippen molar-refractivity contribution >= 4 is 32.6 Å². The average molecular weight is 306 g/mol. The summed E-state index contributed by atoms with van der Waals surface area (Å²) in [6.45, 7) is 3.88. The lowest BCUT2D eigenvalue weighted by Gasteiger charge is -2.16. The summed E-state index contributed by atoms with van der Waals surface area (Å²) in [6.07, 6.45) is 0.513. The Labute approximate surface area is 116 Å². The van der Waals surface area contributed by atoms with E-state index in [0.29, 0.717) is 6.42 Å². The first-order valence-corrected chi connectivity index (χ1v) is 6.89. The summed E-state index contributed by atoms with van der Waals surface area (Å²) in [5.41, 5.74) is 1.15. The molecule has 0 aliphatic rings. The molecular formula is C15H16BrNO. The van der Waals surface area contributed by atoms with Gasteiger partial charge in [0, 0.05) is 10.9 Å². The molecule has 1 atom stereocenters. The fourth-order valence-electron chi connectivity index (χ4n) is 2.08. The fraction of sp³-hybridized carbons (Fsp3) is 0.267. The summed E-state index contributed by atoms with van der Waals surface area (Å²) in [7, 11) is 0. The van der Waals surface area contributed by atoms with Gasteiger partial charge in [0.2, 0.25) is 5.91 Å². The Bertz CT molecular complexity index is 580. The molecule has 0 bridgehead atoms. The van der Waals surface area contributed by atoms with Crippen molar-refractivity contribution in [2.24, 2.45) is 0 Å². The molecule has 2 aromatic rings. The molecular weight excluding hydrogens is 290 g/mol. The predicted octanol–water partition coefficient (Wildman–Crippen LogP) is 4.19. The van der Waals surface area contributed by atoms with Crippen LogP contribution in [0, 0.1) is 0 Å². The molecule has 3 heteroatoms. The maximum Gasteiger partial charge on any atom is 0.220 e. The number of hydrogen-bond acceptors (Lipinski definition) is 1. The molecule has 0 aliphatic heterocycles. The number of carbonyl (C=O) groups is 1. The second-order valence-electron chi connectivity index (χ2n) is 4.32. The maximum absolute atomic E-state index is 11.5. The molecule has 0 aliphatic carbocycles. The van der Waals surface area contributed by atoms with E-state index in [1.54, 1.807) is 0 Å². The highest BCUT2D eigenvalue weighted by Gasteiger charge is 2.12.